The molecule has 1 saturated carbocycles. The maximum Gasteiger partial charge on any atom is 0.125 e. The molecular formula is C15H22ClNO2. The molecule has 3 nitrogen and oxygen atoms in total. The van der Waals surface area contributed by atoms with Gasteiger partial charge in [0.1, 0.15) is 12.4 Å². The minimum atomic E-state index is -0.655. The number of ether oxygens (including phenoxy) is 1. The molecule has 1 aromatic rings. The van der Waals surface area contributed by atoms with Gasteiger partial charge in [-0.25, -0.2) is 0 Å². The standard InChI is InChI=1S/C15H22ClNO2/c1-2-17-10-12-13(16)6-5-7-14(12)19-11-15(18)8-3-4-9-15/h5-7,17-18H,2-4,8-11H2,1H3. The van der Waals surface area contributed by atoms with Gasteiger partial charge in [-0.3, -0.25) is 0 Å². The Morgan fingerprint density at radius 2 is 2.11 bits per heavy atom. The van der Waals surface area contributed by atoms with E-state index in [0.717, 1.165) is 43.5 Å². The first-order valence-corrected chi connectivity index (χ1v) is 7.36. The number of halogens is 1. The molecule has 4 heteroatoms. The topological polar surface area (TPSA) is 41.5 Å². The highest BCUT2D eigenvalue weighted by atomic mass is 35.5. The number of hydrogen-bond donors (Lipinski definition) is 2. The van der Waals surface area contributed by atoms with Crippen molar-refractivity contribution in [1.29, 1.82) is 0 Å². The Bertz CT molecular complexity index is 417. The summed E-state index contributed by atoms with van der Waals surface area (Å²) in [7, 11) is 0. The van der Waals surface area contributed by atoms with Crippen molar-refractivity contribution in [3.05, 3.63) is 28.8 Å². The van der Waals surface area contributed by atoms with E-state index in [1.807, 2.05) is 18.2 Å². The Morgan fingerprint density at radius 3 is 2.79 bits per heavy atom. The van der Waals surface area contributed by atoms with Crippen LogP contribution in [0.25, 0.3) is 0 Å². The Hall–Kier alpha value is -0.770. The van der Waals surface area contributed by atoms with Gasteiger partial charge in [0.15, 0.2) is 0 Å². The second kappa shape index (κ2) is 6.60. The summed E-state index contributed by atoms with van der Waals surface area (Å²) in [4.78, 5) is 0. The maximum absolute atomic E-state index is 10.3. The lowest BCUT2D eigenvalue weighted by molar-refractivity contribution is 0.00112. The molecule has 0 radical (unpaired) electrons. The summed E-state index contributed by atoms with van der Waals surface area (Å²) < 4.78 is 5.83. The van der Waals surface area contributed by atoms with Crippen LogP contribution in [-0.4, -0.2) is 23.9 Å². The lowest BCUT2D eigenvalue weighted by Crippen LogP contribution is -2.32. The third kappa shape index (κ3) is 3.85. The molecule has 1 aliphatic carbocycles. The summed E-state index contributed by atoms with van der Waals surface area (Å²) in [6.45, 7) is 3.98. The van der Waals surface area contributed by atoms with Gasteiger partial charge in [-0.1, -0.05) is 37.4 Å². The van der Waals surface area contributed by atoms with Crippen molar-refractivity contribution in [3.8, 4) is 5.75 Å². The average molecular weight is 284 g/mol. The number of nitrogens with one attached hydrogen (secondary N) is 1. The normalized spacial score (nSPS) is 17.6. The van der Waals surface area contributed by atoms with E-state index in [-0.39, 0.29) is 0 Å². The van der Waals surface area contributed by atoms with Gasteiger partial charge in [-0.15, -0.1) is 0 Å². The van der Waals surface area contributed by atoms with Crippen LogP contribution >= 0.6 is 11.6 Å². The zero-order chi connectivity index (χ0) is 13.7. The predicted molar refractivity (Wildman–Crippen MR) is 77.7 cm³/mol. The van der Waals surface area contributed by atoms with Crippen LogP contribution in [0.4, 0.5) is 0 Å². The van der Waals surface area contributed by atoms with Crippen molar-refractivity contribution in [1.82, 2.24) is 5.32 Å². The van der Waals surface area contributed by atoms with Crippen LogP contribution in [0.1, 0.15) is 38.2 Å². The molecule has 106 valence electrons. The largest absolute Gasteiger partial charge is 0.490 e. The van der Waals surface area contributed by atoms with Crippen molar-refractivity contribution in [2.24, 2.45) is 0 Å². The van der Waals surface area contributed by atoms with Crippen LogP contribution < -0.4 is 10.1 Å². The zero-order valence-corrected chi connectivity index (χ0v) is 12.2. The fourth-order valence-electron chi connectivity index (χ4n) is 2.49. The molecule has 0 unspecified atom stereocenters. The summed E-state index contributed by atoms with van der Waals surface area (Å²) in [6, 6.07) is 5.66. The molecule has 0 heterocycles. The molecule has 0 bridgehead atoms. The third-order valence-electron chi connectivity index (χ3n) is 3.66. The van der Waals surface area contributed by atoms with Crippen LogP contribution in [0.15, 0.2) is 18.2 Å². The minimum Gasteiger partial charge on any atom is -0.490 e. The summed E-state index contributed by atoms with van der Waals surface area (Å²) in [5.41, 5.74) is 0.310. The summed E-state index contributed by atoms with van der Waals surface area (Å²) in [6.07, 6.45) is 3.82. The first-order valence-electron chi connectivity index (χ1n) is 6.98. The molecule has 2 rings (SSSR count). The first kappa shape index (κ1) is 14.6. The summed E-state index contributed by atoms with van der Waals surface area (Å²) >= 11 is 6.21. The van der Waals surface area contributed by atoms with E-state index in [9.17, 15) is 5.11 Å². The van der Waals surface area contributed by atoms with Gasteiger partial charge < -0.3 is 15.2 Å². The van der Waals surface area contributed by atoms with E-state index in [2.05, 4.69) is 12.2 Å². The van der Waals surface area contributed by atoms with Crippen LogP contribution in [0.5, 0.6) is 5.75 Å². The van der Waals surface area contributed by atoms with Crippen molar-refractivity contribution in [2.75, 3.05) is 13.2 Å². The number of benzene rings is 1. The molecule has 2 N–H and O–H groups in total. The van der Waals surface area contributed by atoms with Crippen molar-refractivity contribution < 1.29 is 9.84 Å². The molecule has 1 fully saturated rings. The van der Waals surface area contributed by atoms with Gasteiger partial charge in [-0.2, -0.15) is 0 Å². The first-order chi connectivity index (χ1) is 9.14. The highest BCUT2D eigenvalue weighted by Crippen LogP contribution is 2.32. The molecule has 0 aliphatic heterocycles. The number of rotatable bonds is 6. The lowest BCUT2D eigenvalue weighted by Gasteiger charge is -2.23. The van der Waals surface area contributed by atoms with Crippen LogP contribution in [-0.2, 0) is 6.54 Å². The monoisotopic (exact) mass is 283 g/mol. The van der Waals surface area contributed by atoms with Crippen molar-refractivity contribution >= 4 is 11.6 Å². The highest BCUT2D eigenvalue weighted by Gasteiger charge is 2.32. The average Bonchev–Trinajstić information content (AvgIpc) is 2.83. The van der Waals surface area contributed by atoms with Crippen LogP contribution in [0, 0.1) is 0 Å². The predicted octanol–water partition coefficient (Wildman–Crippen LogP) is 3.13. The molecule has 0 saturated heterocycles. The second-order valence-corrected chi connectivity index (χ2v) is 5.62. The van der Waals surface area contributed by atoms with Crippen molar-refractivity contribution in [3.63, 3.8) is 0 Å². The smallest absolute Gasteiger partial charge is 0.125 e. The molecule has 0 atom stereocenters. The second-order valence-electron chi connectivity index (χ2n) is 5.22. The van der Waals surface area contributed by atoms with E-state index in [1.165, 1.54) is 0 Å². The Labute approximate surface area is 119 Å². The van der Waals surface area contributed by atoms with Gasteiger partial charge in [-0.05, 0) is 31.5 Å². The Balaban J connectivity index is 2.04. The summed E-state index contributed by atoms with van der Waals surface area (Å²) in [5.74, 6) is 0.772. The summed E-state index contributed by atoms with van der Waals surface area (Å²) in [5, 5.41) is 14.3. The van der Waals surface area contributed by atoms with Crippen molar-refractivity contribution in [2.45, 2.75) is 44.8 Å². The van der Waals surface area contributed by atoms with Crippen LogP contribution in [0.3, 0.4) is 0 Å². The molecule has 0 amide bonds. The Kier molecular flexibility index (Phi) is 5.08. The Morgan fingerprint density at radius 1 is 1.37 bits per heavy atom. The van der Waals surface area contributed by atoms with Gasteiger partial charge in [0, 0.05) is 17.1 Å². The van der Waals surface area contributed by atoms with E-state index < -0.39 is 5.60 Å². The zero-order valence-electron chi connectivity index (χ0n) is 11.4. The maximum atomic E-state index is 10.3. The molecule has 1 aliphatic rings. The van der Waals surface area contributed by atoms with E-state index in [0.29, 0.717) is 18.2 Å². The van der Waals surface area contributed by atoms with E-state index in [1.54, 1.807) is 0 Å². The molecule has 0 spiro atoms. The molecular weight excluding hydrogens is 262 g/mol. The van der Waals surface area contributed by atoms with Gasteiger partial charge >= 0.3 is 0 Å². The van der Waals surface area contributed by atoms with E-state index >= 15 is 0 Å². The van der Waals surface area contributed by atoms with Gasteiger partial charge in [0.25, 0.3) is 0 Å². The van der Waals surface area contributed by atoms with Crippen LogP contribution in [0.2, 0.25) is 5.02 Å². The van der Waals surface area contributed by atoms with Gasteiger partial charge in [0.05, 0.1) is 5.60 Å². The minimum absolute atomic E-state index is 0.354. The SMILES string of the molecule is CCNCc1c(Cl)cccc1OCC1(O)CCCC1. The fourth-order valence-corrected chi connectivity index (χ4v) is 2.72. The fraction of sp³-hybridized carbons (Fsp3) is 0.600. The number of hydrogen-bond acceptors (Lipinski definition) is 3. The van der Waals surface area contributed by atoms with Gasteiger partial charge in [0.2, 0.25) is 0 Å². The molecule has 0 aromatic heterocycles. The molecule has 1 aromatic carbocycles. The third-order valence-corrected chi connectivity index (χ3v) is 4.01. The quantitative estimate of drug-likeness (QED) is 0.843. The number of aliphatic hydroxyl groups is 1. The van der Waals surface area contributed by atoms with E-state index in [4.69, 9.17) is 16.3 Å². The highest BCUT2D eigenvalue weighted by molar-refractivity contribution is 6.31. The molecule has 19 heavy (non-hydrogen) atoms. The lowest BCUT2D eigenvalue weighted by atomic mass is 10.0.